The van der Waals surface area contributed by atoms with Gasteiger partial charge in [0.1, 0.15) is 0 Å². The van der Waals surface area contributed by atoms with Crippen LogP contribution in [0.5, 0.6) is 11.5 Å². The molecular formula is C22H30N2O2. The number of methoxy groups -OCH3 is 2. The molecule has 0 aromatic heterocycles. The molecule has 0 bridgehead atoms. The molecule has 2 atom stereocenters. The number of likely N-dealkylation sites (tertiary alicyclic amines) is 1. The third-order valence-electron chi connectivity index (χ3n) is 5.34. The summed E-state index contributed by atoms with van der Waals surface area (Å²) < 4.78 is 10.7. The maximum absolute atomic E-state index is 5.39. The zero-order valence-electron chi connectivity index (χ0n) is 16.1. The Morgan fingerprint density at radius 2 is 1.85 bits per heavy atom. The van der Waals surface area contributed by atoms with E-state index in [0.717, 1.165) is 37.6 Å². The molecule has 26 heavy (non-hydrogen) atoms. The van der Waals surface area contributed by atoms with E-state index in [-0.39, 0.29) is 0 Å². The number of benzene rings is 2. The van der Waals surface area contributed by atoms with Gasteiger partial charge >= 0.3 is 0 Å². The maximum atomic E-state index is 5.39. The first-order valence-electron chi connectivity index (χ1n) is 9.44. The summed E-state index contributed by atoms with van der Waals surface area (Å²) >= 11 is 0. The summed E-state index contributed by atoms with van der Waals surface area (Å²) in [6.45, 7) is 5.56. The van der Waals surface area contributed by atoms with Crippen LogP contribution in [0.4, 0.5) is 0 Å². The lowest BCUT2D eigenvalue weighted by Crippen LogP contribution is -2.34. The smallest absolute Gasteiger partial charge is 0.160 e. The lowest BCUT2D eigenvalue weighted by molar-refractivity contribution is 0.256. The van der Waals surface area contributed by atoms with E-state index in [1.165, 1.54) is 17.5 Å². The summed E-state index contributed by atoms with van der Waals surface area (Å²) in [4.78, 5) is 2.57. The minimum absolute atomic E-state index is 0.480. The van der Waals surface area contributed by atoms with E-state index in [1.807, 2.05) is 6.07 Å². The highest BCUT2D eigenvalue weighted by Gasteiger charge is 2.26. The van der Waals surface area contributed by atoms with Gasteiger partial charge in [-0.3, -0.25) is 4.90 Å². The van der Waals surface area contributed by atoms with Gasteiger partial charge in [-0.25, -0.2) is 0 Å². The Bertz CT molecular complexity index is 690. The van der Waals surface area contributed by atoms with Crippen molar-refractivity contribution in [1.29, 1.82) is 0 Å². The van der Waals surface area contributed by atoms with Crippen molar-refractivity contribution in [2.75, 3.05) is 33.9 Å². The van der Waals surface area contributed by atoms with Crippen molar-refractivity contribution < 1.29 is 9.47 Å². The van der Waals surface area contributed by atoms with Gasteiger partial charge in [0.25, 0.3) is 0 Å². The van der Waals surface area contributed by atoms with E-state index in [9.17, 15) is 0 Å². The Labute approximate surface area is 157 Å². The second kappa shape index (κ2) is 9.06. The molecule has 0 aliphatic carbocycles. The molecule has 0 saturated carbocycles. The Kier molecular flexibility index (Phi) is 6.53. The van der Waals surface area contributed by atoms with E-state index in [0.29, 0.717) is 12.1 Å². The zero-order valence-corrected chi connectivity index (χ0v) is 16.1. The van der Waals surface area contributed by atoms with Crippen molar-refractivity contribution in [3.63, 3.8) is 0 Å². The van der Waals surface area contributed by atoms with Crippen LogP contribution in [0.25, 0.3) is 0 Å². The molecule has 0 radical (unpaired) electrons. The van der Waals surface area contributed by atoms with Crippen molar-refractivity contribution in [2.24, 2.45) is 0 Å². The van der Waals surface area contributed by atoms with Crippen molar-refractivity contribution in [3.8, 4) is 11.5 Å². The number of ether oxygens (including phenoxy) is 2. The summed E-state index contributed by atoms with van der Waals surface area (Å²) in [7, 11) is 3.35. The Balaban J connectivity index is 1.46. The average molecular weight is 354 g/mol. The lowest BCUT2D eigenvalue weighted by atomic mass is 10.1. The molecule has 0 unspecified atom stereocenters. The second-order valence-electron chi connectivity index (χ2n) is 6.96. The Hall–Kier alpha value is -2.04. The highest BCUT2D eigenvalue weighted by molar-refractivity contribution is 5.42. The van der Waals surface area contributed by atoms with Crippen LogP contribution in [-0.4, -0.2) is 44.8 Å². The standard InChI is InChI=1S/C22H30N2O2/c1-17(19-7-5-4-6-8-19)24-14-12-20(16-24)23-13-11-18-9-10-21(25-2)22(15-18)26-3/h4-10,15,17,20,23H,11-14,16H2,1-3H3/t17-,20+/m1/s1. The molecule has 140 valence electrons. The minimum atomic E-state index is 0.480. The van der Waals surface area contributed by atoms with E-state index in [4.69, 9.17) is 9.47 Å². The fourth-order valence-corrected chi connectivity index (χ4v) is 3.70. The third-order valence-corrected chi connectivity index (χ3v) is 5.34. The largest absolute Gasteiger partial charge is 0.493 e. The molecular weight excluding hydrogens is 324 g/mol. The maximum Gasteiger partial charge on any atom is 0.160 e. The molecule has 1 N–H and O–H groups in total. The van der Waals surface area contributed by atoms with E-state index in [1.54, 1.807) is 14.2 Å². The van der Waals surface area contributed by atoms with Gasteiger partial charge in [-0.15, -0.1) is 0 Å². The summed E-state index contributed by atoms with van der Waals surface area (Å²) in [6.07, 6.45) is 2.20. The Morgan fingerprint density at radius 1 is 1.08 bits per heavy atom. The first-order valence-corrected chi connectivity index (χ1v) is 9.44. The predicted octanol–water partition coefficient (Wildman–Crippen LogP) is 3.67. The third kappa shape index (κ3) is 4.57. The van der Waals surface area contributed by atoms with Gasteiger partial charge in [-0.2, -0.15) is 0 Å². The predicted molar refractivity (Wildman–Crippen MR) is 106 cm³/mol. The van der Waals surface area contributed by atoms with Crippen LogP contribution in [-0.2, 0) is 6.42 Å². The molecule has 0 spiro atoms. The molecule has 4 nitrogen and oxygen atoms in total. The number of rotatable bonds is 8. The van der Waals surface area contributed by atoms with Crippen molar-refractivity contribution in [3.05, 3.63) is 59.7 Å². The van der Waals surface area contributed by atoms with Crippen LogP contribution in [0.15, 0.2) is 48.5 Å². The van der Waals surface area contributed by atoms with Crippen molar-refractivity contribution >= 4 is 0 Å². The first kappa shape index (κ1) is 18.7. The quantitative estimate of drug-likeness (QED) is 0.784. The molecule has 2 aromatic rings. The van der Waals surface area contributed by atoms with E-state index < -0.39 is 0 Å². The van der Waals surface area contributed by atoms with Gasteiger partial charge in [0.05, 0.1) is 14.2 Å². The minimum Gasteiger partial charge on any atom is -0.493 e. The van der Waals surface area contributed by atoms with Crippen LogP contribution < -0.4 is 14.8 Å². The molecule has 0 amide bonds. The number of nitrogens with one attached hydrogen (secondary N) is 1. The fraction of sp³-hybridized carbons (Fsp3) is 0.455. The molecule has 2 aromatic carbocycles. The average Bonchev–Trinajstić information content (AvgIpc) is 3.16. The lowest BCUT2D eigenvalue weighted by Gasteiger charge is -2.25. The van der Waals surface area contributed by atoms with Crippen LogP contribution >= 0.6 is 0 Å². The van der Waals surface area contributed by atoms with Gasteiger partial charge in [0, 0.05) is 25.2 Å². The van der Waals surface area contributed by atoms with Gasteiger partial charge < -0.3 is 14.8 Å². The van der Waals surface area contributed by atoms with E-state index in [2.05, 4.69) is 59.6 Å². The van der Waals surface area contributed by atoms with Crippen LogP contribution in [0.3, 0.4) is 0 Å². The van der Waals surface area contributed by atoms with E-state index >= 15 is 0 Å². The Morgan fingerprint density at radius 3 is 2.58 bits per heavy atom. The SMILES string of the molecule is COc1ccc(CCN[C@H]2CCN([C@H](C)c3ccccc3)C2)cc1OC. The number of hydrogen-bond acceptors (Lipinski definition) is 4. The highest BCUT2D eigenvalue weighted by atomic mass is 16.5. The topological polar surface area (TPSA) is 33.7 Å². The molecule has 1 aliphatic heterocycles. The molecule has 1 aliphatic rings. The summed E-state index contributed by atoms with van der Waals surface area (Å²) in [5.74, 6) is 1.58. The van der Waals surface area contributed by atoms with Crippen molar-refractivity contribution in [2.45, 2.75) is 31.8 Å². The van der Waals surface area contributed by atoms with Gasteiger partial charge in [0.15, 0.2) is 11.5 Å². The van der Waals surface area contributed by atoms with Crippen LogP contribution in [0.1, 0.15) is 30.5 Å². The normalized spacial score (nSPS) is 18.7. The summed E-state index contributed by atoms with van der Waals surface area (Å²) in [5.41, 5.74) is 2.67. The molecule has 1 saturated heterocycles. The van der Waals surface area contributed by atoms with Crippen LogP contribution in [0, 0.1) is 0 Å². The van der Waals surface area contributed by atoms with Gasteiger partial charge in [-0.1, -0.05) is 36.4 Å². The molecule has 3 rings (SSSR count). The van der Waals surface area contributed by atoms with Gasteiger partial charge in [-0.05, 0) is 49.6 Å². The molecule has 1 heterocycles. The number of hydrogen-bond donors (Lipinski definition) is 1. The summed E-state index contributed by atoms with van der Waals surface area (Å²) in [5, 5.41) is 3.72. The van der Waals surface area contributed by atoms with Gasteiger partial charge in [0.2, 0.25) is 0 Å². The first-order chi connectivity index (χ1) is 12.7. The van der Waals surface area contributed by atoms with Crippen LogP contribution in [0.2, 0.25) is 0 Å². The zero-order chi connectivity index (χ0) is 18.4. The molecule has 1 fully saturated rings. The monoisotopic (exact) mass is 354 g/mol. The highest BCUT2D eigenvalue weighted by Crippen LogP contribution is 2.28. The number of nitrogens with zero attached hydrogens (tertiary/aromatic N) is 1. The molecule has 4 heteroatoms. The second-order valence-corrected chi connectivity index (χ2v) is 6.96. The summed E-state index contributed by atoms with van der Waals surface area (Å²) in [6, 6.07) is 18.0. The van der Waals surface area contributed by atoms with Crippen molar-refractivity contribution in [1.82, 2.24) is 10.2 Å². The fourth-order valence-electron chi connectivity index (χ4n) is 3.70.